The monoisotopic (exact) mass is 305 g/mol. The minimum atomic E-state index is -3.95. The lowest BCUT2D eigenvalue weighted by molar-refractivity contribution is 0.593. The van der Waals surface area contributed by atoms with Crippen LogP contribution in [-0.4, -0.2) is 8.42 Å². The molecule has 0 amide bonds. The highest BCUT2D eigenvalue weighted by Crippen LogP contribution is 2.23. The van der Waals surface area contributed by atoms with E-state index in [-0.39, 0.29) is 21.8 Å². The van der Waals surface area contributed by atoms with Gasteiger partial charge in [-0.15, -0.1) is 0 Å². The Labute approximate surface area is 121 Å². The van der Waals surface area contributed by atoms with E-state index in [2.05, 4.69) is 4.72 Å². The molecular weight excluding hydrogens is 293 g/mol. The zero-order valence-electron chi connectivity index (χ0n) is 11.1. The standard InChI is InChI=1S/C14H12FN3O2S/c1-9-13(15)6-12(7-14(9)17)21(19,20)18-11-4-2-10(8-16)3-5-11/h2-7,18H,17H2,1H3. The van der Waals surface area contributed by atoms with Gasteiger partial charge in [0, 0.05) is 16.9 Å². The van der Waals surface area contributed by atoms with Gasteiger partial charge in [-0.1, -0.05) is 0 Å². The largest absolute Gasteiger partial charge is 0.398 e. The summed E-state index contributed by atoms with van der Waals surface area (Å²) in [6.45, 7) is 1.47. The average molecular weight is 305 g/mol. The number of anilines is 2. The Morgan fingerprint density at radius 2 is 1.86 bits per heavy atom. The van der Waals surface area contributed by atoms with Gasteiger partial charge in [0.05, 0.1) is 16.5 Å². The summed E-state index contributed by atoms with van der Waals surface area (Å²) in [7, 11) is -3.95. The number of benzene rings is 2. The minimum Gasteiger partial charge on any atom is -0.398 e. The molecule has 0 unspecified atom stereocenters. The molecule has 0 saturated carbocycles. The van der Waals surface area contributed by atoms with Crippen LogP contribution in [0.3, 0.4) is 0 Å². The molecule has 0 aliphatic rings. The van der Waals surface area contributed by atoms with E-state index < -0.39 is 15.8 Å². The Hall–Kier alpha value is -2.59. The first-order valence-corrected chi connectivity index (χ1v) is 7.40. The van der Waals surface area contributed by atoms with Crippen LogP contribution >= 0.6 is 0 Å². The van der Waals surface area contributed by atoms with Crippen molar-refractivity contribution in [2.24, 2.45) is 0 Å². The van der Waals surface area contributed by atoms with Crippen LogP contribution in [0.4, 0.5) is 15.8 Å². The lowest BCUT2D eigenvalue weighted by atomic mass is 10.2. The number of nitrogens with zero attached hydrogens (tertiary/aromatic N) is 1. The molecule has 2 aromatic carbocycles. The van der Waals surface area contributed by atoms with E-state index in [9.17, 15) is 12.8 Å². The van der Waals surface area contributed by atoms with Gasteiger partial charge in [-0.05, 0) is 43.3 Å². The van der Waals surface area contributed by atoms with Crippen molar-refractivity contribution in [2.45, 2.75) is 11.8 Å². The van der Waals surface area contributed by atoms with Crippen LogP contribution in [0.25, 0.3) is 0 Å². The molecule has 0 aromatic heterocycles. The molecule has 0 atom stereocenters. The van der Waals surface area contributed by atoms with Crippen LogP contribution in [-0.2, 0) is 10.0 Å². The molecule has 3 N–H and O–H groups in total. The Morgan fingerprint density at radius 1 is 1.24 bits per heavy atom. The Balaban J connectivity index is 2.36. The van der Waals surface area contributed by atoms with E-state index in [0.717, 1.165) is 6.07 Å². The summed E-state index contributed by atoms with van der Waals surface area (Å²) in [5.74, 6) is -0.685. The molecule has 21 heavy (non-hydrogen) atoms. The van der Waals surface area contributed by atoms with Crippen LogP contribution in [0, 0.1) is 24.1 Å². The van der Waals surface area contributed by atoms with Crippen LogP contribution in [0.15, 0.2) is 41.3 Å². The molecule has 0 aliphatic heterocycles. The van der Waals surface area contributed by atoms with Crippen molar-refractivity contribution in [1.29, 1.82) is 5.26 Å². The molecule has 0 radical (unpaired) electrons. The van der Waals surface area contributed by atoms with Gasteiger partial charge in [0.1, 0.15) is 5.82 Å². The second-order valence-corrected chi connectivity index (χ2v) is 6.10. The number of hydrogen-bond acceptors (Lipinski definition) is 4. The van der Waals surface area contributed by atoms with Crippen LogP contribution in [0.1, 0.15) is 11.1 Å². The Morgan fingerprint density at radius 3 is 2.38 bits per heavy atom. The third-order valence-corrected chi connectivity index (χ3v) is 4.30. The van der Waals surface area contributed by atoms with Crippen LogP contribution < -0.4 is 10.5 Å². The zero-order chi connectivity index (χ0) is 15.6. The van der Waals surface area contributed by atoms with E-state index in [1.165, 1.54) is 37.3 Å². The molecule has 2 rings (SSSR count). The fraction of sp³-hybridized carbons (Fsp3) is 0.0714. The summed E-state index contributed by atoms with van der Waals surface area (Å²) < 4.78 is 40.2. The Bertz CT molecular complexity index is 801. The lowest BCUT2D eigenvalue weighted by Crippen LogP contribution is -2.14. The van der Waals surface area contributed by atoms with Gasteiger partial charge >= 0.3 is 0 Å². The second-order valence-electron chi connectivity index (χ2n) is 4.41. The number of halogens is 1. The fourth-order valence-electron chi connectivity index (χ4n) is 1.66. The quantitative estimate of drug-likeness (QED) is 0.851. The zero-order valence-corrected chi connectivity index (χ0v) is 11.9. The molecule has 0 spiro atoms. The topological polar surface area (TPSA) is 96.0 Å². The van der Waals surface area contributed by atoms with Crippen LogP contribution in [0.5, 0.6) is 0 Å². The van der Waals surface area contributed by atoms with Gasteiger partial charge in [-0.2, -0.15) is 5.26 Å². The summed E-state index contributed by atoms with van der Waals surface area (Å²) in [4.78, 5) is -0.257. The highest BCUT2D eigenvalue weighted by Gasteiger charge is 2.17. The lowest BCUT2D eigenvalue weighted by Gasteiger charge is -2.10. The highest BCUT2D eigenvalue weighted by atomic mass is 32.2. The van der Waals surface area contributed by atoms with Crippen molar-refractivity contribution in [3.8, 4) is 6.07 Å². The number of nitrogen functional groups attached to an aromatic ring is 1. The first kappa shape index (κ1) is 14.8. The number of nitrogens with one attached hydrogen (secondary N) is 1. The summed E-state index contributed by atoms with van der Waals surface area (Å²) in [5.41, 5.74) is 6.53. The molecule has 108 valence electrons. The van der Waals surface area contributed by atoms with Crippen molar-refractivity contribution in [3.05, 3.63) is 53.3 Å². The smallest absolute Gasteiger partial charge is 0.262 e. The van der Waals surface area contributed by atoms with Crippen molar-refractivity contribution in [2.75, 3.05) is 10.5 Å². The predicted octanol–water partition coefficient (Wildman–Crippen LogP) is 2.39. The number of sulfonamides is 1. The summed E-state index contributed by atoms with van der Waals surface area (Å²) in [6, 6.07) is 9.88. The molecule has 0 bridgehead atoms. The van der Waals surface area contributed by atoms with Gasteiger partial charge in [0.25, 0.3) is 10.0 Å². The summed E-state index contributed by atoms with van der Waals surface area (Å²) >= 11 is 0. The molecule has 0 aliphatic carbocycles. The van der Waals surface area contributed by atoms with E-state index in [1.807, 2.05) is 6.07 Å². The van der Waals surface area contributed by atoms with Crippen molar-refractivity contribution >= 4 is 21.4 Å². The molecule has 2 aromatic rings. The highest BCUT2D eigenvalue weighted by molar-refractivity contribution is 7.92. The van der Waals surface area contributed by atoms with E-state index in [0.29, 0.717) is 5.56 Å². The SMILES string of the molecule is Cc1c(N)cc(S(=O)(=O)Nc2ccc(C#N)cc2)cc1F. The normalized spacial score (nSPS) is 10.9. The molecule has 7 heteroatoms. The fourth-order valence-corrected chi connectivity index (χ4v) is 2.76. The van der Waals surface area contributed by atoms with Gasteiger partial charge in [-0.3, -0.25) is 4.72 Å². The summed E-state index contributed by atoms with van der Waals surface area (Å²) in [5, 5.41) is 8.68. The average Bonchev–Trinajstić information content (AvgIpc) is 2.44. The first-order chi connectivity index (χ1) is 9.83. The third kappa shape index (κ3) is 3.12. The van der Waals surface area contributed by atoms with Crippen molar-refractivity contribution in [1.82, 2.24) is 0 Å². The maximum absolute atomic E-state index is 13.6. The minimum absolute atomic E-state index is 0.0650. The van der Waals surface area contributed by atoms with Gasteiger partial charge < -0.3 is 5.73 Å². The van der Waals surface area contributed by atoms with Crippen molar-refractivity contribution < 1.29 is 12.8 Å². The molecular formula is C14H12FN3O2S. The molecule has 0 fully saturated rings. The van der Waals surface area contributed by atoms with E-state index in [1.54, 1.807) is 0 Å². The molecule has 0 saturated heterocycles. The first-order valence-electron chi connectivity index (χ1n) is 5.92. The molecule has 5 nitrogen and oxygen atoms in total. The van der Waals surface area contributed by atoms with Crippen molar-refractivity contribution in [3.63, 3.8) is 0 Å². The van der Waals surface area contributed by atoms with Gasteiger partial charge in [0.15, 0.2) is 0 Å². The van der Waals surface area contributed by atoms with E-state index >= 15 is 0 Å². The third-order valence-electron chi connectivity index (χ3n) is 2.93. The van der Waals surface area contributed by atoms with E-state index in [4.69, 9.17) is 11.0 Å². The number of nitriles is 1. The summed E-state index contributed by atoms with van der Waals surface area (Å²) in [6.07, 6.45) is 0. The van der Waals surface area contributed by atoms with Crippen LogP contribution in [0.2, 0.25) is 0 Å². The van der Waals surface area contributed by atoms with Gasteiger partial charge in [-0.25, -0.2) is 12.8 Å². The number of rotatable bonds is 3. The maximum Gasteiger partial charge on any atom is 0.262 e. The maximum atomic E-state index is 13.6. The predicted molar refractivity (Wildman–Crippen MR) is 77.5 cm³/mol. The molecule has 0 heterocycles. The number of hydrogen-bond donors (Lipinski definition) is 2. The second kappa shape index (κ2) is 5.42. The Kier molecular flexibility index (Phi) is 3.82. The van der Waals surface area contributed by atoms with Gasteiger partial charge in [0.2, 0.25) is 0 Å². The number of nitrogens with two attached hydrogens (primary N) is 1.